The van der Waals surface area contributed by atoms with Gasteiger partial charge in [0.25, 0.3) is 0 Å². The van der Waals surface area contributed by atoms with E-state index in [9.17, 15) is 8.78 Å². The molecule has 0 aromatic heterocycles. The normalized spacial score (nSPS) is 10.3. The molecule has 20 heavy (non-hydrogen) atoms. The average molecular weight is 297 g/mol. The topological polar surface area (TPSA) is 59.1 Å². The van der Waals surface area contributed by atoms with Gasteiger partial charge in [0.05, 0.1) is 0 Å². The number of amidine groups is 1. The van der Waals surface area contributed by atoms with Crippen molar-refractivity contribution in [1.82, 2.24) is 0 Å². The third kappa shape index (κ3) is 3.24. The maximum Gasteiger partial charge on any atom is 0.191 e. The molecule has 0 aliphatic carbocycles. The summed E-state index contributed by atoms with van der Waals surface area (Å²) >= 11 is 5.80. The van der Waals surface area contributed by atoms with Crippen molar-refractivity contribution in [2.45, 2.75) is 6.61 Å². The molecule has 0 fully saturated rings. The molecule has 0 aliphatic rings. The first-order valence-electron chi connectivity index (χ1n) is 5.68. The second-order valence-corrected chi connectivity index (χ2v) is 4.54. The number of rotatable bonds is 4. The summed E-state index contributed by atoms with van der Waals surface area (Å²) in [4.78, 5) is 0. The van der Waals surface area contributed by atoms with E-state index in [0.717, 1.165) is 12.1 Å². The molecule has 0 bridgehead atoms. The van der Waals surface area contributed by atoms with Gasteiger partial charge in [-0.15, -0.1) is 0 Å². The van der Waals surface area contributed by atoms with Gasteiger partial charge >= 0.3 is 0 Å². The molecule has 0 atom stereocenters. The van der Waals surface area contributed by atoms with Gasteiger partial charge in [-0.1, -0.05) is 23.7 Å². The monoisotopic (exact) mass is 296 g/mol. The summed E-state index contributed by atoms with van der Waals surface area (Å²) < 4.78 is 32.5. The molecule has 3 N–H and O–H groups in total. The van der Waals surface area contributed by atoms with Crippen LogP contribution in [0.5, 0.6) is 5.75 Å². The summed E-state index contributed by atoms with van der Waals surface area (Å²) in [5, 5.41) is 7.66. The Hall–Kier alpha value is -2.14. The highest BCUT2D eigenvalue weighted by atomic mass is 35.5. The largest absolute Gasteiger partial charge is 0.483 e. The van der Waals surface area contributed by atoms with Gasteiger partial charge in [0, 0.05) is 10.6 Å². The summed E-state index contributed by atoms with van der Waals surface area (Å²) in [5.41, 5.74) is 5.83. The lowest BCUT2D eigenvalue weighted by molar-refractivity contribution is 0.274. The van der Waals surface area contributed by atoms with Crippen LogP contribution >= 0.6 is 11.6 Å². The number of ether oxygens (including phenoxy) is 1. The molecule has 6 heteroatoms. The molecule has 0 heterocycles. The molecular formula is C14H11ClF2N2O. The van der Waals surface area contributed by atoms with Crippen LogP contribution in [0.25, 0.3) is 0 Å². The fourth-order valence-corrected chi connectivity index (χ4v) is 1.85. The van der Waals surface area contributed by atoms with E-state index >= 15 is 0 Å². The van der Waals surface area contributed by atoms with Crippen molar-refractivity contribution in [3.63, 3.8) is 0 Å². The Bertz CT molecular complexity index is 638. The number of nitrogen functional groups attached to an aromatic ring is 1. The van der Waals surface area contributed by atoms with Crippen molar-refractivity contribution in [1.29, 1.82) is 5.41 Å². The molecule has 0 saturated carbocycles. The Balaban J connectivity index is 2.20. The van der Waals surface area contributed by atoms with E-state index in [2.05, 4.69) is 0 Å². The molecule has 0 unspecified atom stereocenters. The number of benzene rings is 2. The summed E-state index contributed by atoms with van der Waals surface area (Å²) in [6.45, 7) is -0.0200. The Morgan fingerprint density at radius 3 is 2.40 bits per heavy atom. The smallest absolute Gasteiger partial charge is 0.191 e. The van der Waals surface area contributed by atoms with Gasteiger partial charge in [-0.05, 0) is 29.8 Å². The lowest BCUT2D eigenvalue weighted by atomic mass is 10.2. The first-order valence-corrected chi connectivity index (χ1v) is 6.06. The van der Waals surface area contributed by atoms with Crippen molar-refractivity contribution in [3.8, 4) is 5.75 Å². The molecule has 2 rings (SSSR count). The van der Waals surface area contributed by atoms with Crippen LogP contribution in [0.4, 0.5) is 8.78 Å². The molecule has 0 saturated heterocycles. The van der Waals surface area contributed by atoms with Crippen LogP contribution in [-0.2, 0) is 6.61 Å². The highest BCUT2D eigenvalue weighted by Gasteiger charge is 2.14. The van der Waals surface area contributed by atoms with Crippen LogP contribution in [0.2, 0.25) is 5.02 Å². The van der Waals surface area contributed by atoms with Gasteiger partial charge in [0.1, 0.15) is 12.4 Å². The molecule has 104 valence electrons. The van der Waals surface area contributed by atoms with Crippen LogP contribution < -0.4 is 10.5 Å². The van der Waals surface area contributed by atoms with E-state index in [1.807, 2.05) is 0 Å². The van der Waals surface area contributed by atoms with E-state index in [1.165, 1.54) is 0 Å². The van der Waals surface area contributed by atoms with Crippen molar-refractivity contribution < 1.29 is 13.5 Å². The minimum Gasteiger partial charge on any atom is -0.483 e. The average Bonchev–Trinajstić information content (AvgIpc) is 2.37. The lowest BCUT2D eigenvalue weighted by Crippen LogP contribution is -2.12. The van der Waals surface area contributed by atoms with Crippen LogP contribution in [0.15, 0.2) is 36.4 Å². The van der Waals surface area contributed by atoms with Gasteiger partial charge in [0.2, 0.25) is 0 Å². The molecule has 0 amide bonds. The Morgan fingerprint density at radius 2 is 1.85 bits per heavy atom. The lowest BCUT2D eigenvalue weighted by Gasteiger charge is -2.10. The highest BCUT2D eigenvalue weighted by Crippen LogP contribution is 2.24. The summed E-state index contributed by atoms with van der Waals surface area (Å²) in [6, 6.07) is 8.69. The molecule has 0 spiro atoms. The van der Waals surface area contributed by atoms with Gasteiger partial charge in [0.15, 0.2) is 17.4 Å². The summed E-state index contributed by atoms with van der Waals surface area (Å²) in [7, 11) is 0. The third-order valence-electron chi connectivity index (χ3n) is 2.58. The summed E-state index contributed by atoms with van der Waals surface area (Å²) in [6.07, 6.45) is 0. The van der Waals surface area contributed by atoms with Gasteiger partial charge in [-0.2, -0.15) is 0 Å². The maximum absolute atomic E-state index is 13.7. The first-order chi connectivity index (χ1) is 9.47. The van der Waals surface area contributed by atoms with E-state index in [0.29, 0.717) is 10.6 Å². The number of halogens is 3. The number of hydrogen-bond acceptors (Lipinski definition) is 2. The fourth-order valence-electron chi connectivity index (χ4n) is 1.64. The standard InChI is InChI=1S/C14H11ClF2N2O/c15-10-3-1-2-8(4-10)7-20-13-11(16)5-9(14(18)19)6-12(13)17/h1-6H,7H2,(H3,18,19). The SMILES string of the molecule is N=C(N)c1cc(F)c(OCc2cccc(Cl)c2)c(F)c1. The second-order valence-electron chi connectivity index (χ2n) is 4.10. The predicted octanol–water partition coefficient (Wildman–Crippen LogP) is 3.48. The Kier molecular flexibility index (Phi) is 4.20. The Labute approximate surface area is 119 Å². The zero-order valence-corrected chi connectivity index (χ0v) is 11.0. The molecule has 2 aromatic rings. The van der Waals surface area contributed by atoms with Gasteiger partial charge in [-0.25, -0.2) is 8.78 Å². The van der Waals surface area contributed by atoms with Crippen LogP contribution in [0.1, 0.15) is 11.1 Å². The number of nitrogens with one attached hydrogen (secondary N) is 1. The minimum absolute atomic E-state index is 0.0200. The molecule has 3 nitrogen and oxygen atoms in total. The van der Waals surface area contributed by atoms with Crippen molar-refractivity contribution in [2.24, 2.45) is 5.73 Å². The minimum atomic E-state index is -0.905. The van der Waals surface area contributed by atoms with Crippen molar-refractivity contribution >= 4 is 17.4 Å². The highest BCUT2D eigenvalue weighted by molar-refractivity contribution is 6.30. The number of hydrogen-bond donors (Lipinski definition) is 2. The van der Waals surface area contributed by atoms with Crippen LogP contribution in [0.3, 0.4) is 0 Å². The molecule has 0 aliphatic heterocycles. The quantitative estimate of drug-likeness (QED) is 0.670. The molecule has 2 aromatic carbocycles. The van der Waals surface area contributed by atoms with Gasteiger partial charge in [-0.3, -0.25) is 5.41 Å². The summed E-state index contributed by atoms with van der Waals surface area (Å²) in [5.74, 6) is -2.73. The Morgan fingerprint density at radius 1 is 1.20 bits per heavy atom. The van der Waals surface area contributed by atoms with Crippen LogP contribution in [-0.4, -0.2) is 5.84 Å². The molecule has 0 radical (unpaired) electrons. The van der Waals surface area contributed by atoms with E-state index in [-0.39, 0.29) is 12.2 Å². The second kappa shape index (κ2) is 5.88. The van der Waals surface area contributed by atoms with Gasteiger partial charge < -0.3 is 10.5 Å². The van der Waals surface area contributed by atoms with E-state index in [1.54, 1.807) is 24.3 Å². The van der Waals surface area contributed by atoms with E-state index in [4.69, 9.17) is 27.5 Å². The van der Waals surface area contributed by atoms with Crippen molar-refractivity contribution in [2.75, 3.05) is 0 Å². The molecular weight excluding hydrogens is 286 g/mol. The zero-order chi connectivity index (χ0) is 14.7. The maximum atomic E-state index is 13.7. The fraction of sp³-hybridized carbons (Fsp3) is 0.0714. The third-order valence-corrected chi connectivity index (χ3v) is 2.82. The zero-order valence-electron chi connectivity index (χ0n) is 10.3. The van der Waals surface area contributed by atoms with Crippen LogP contribution in [0, 0.1) is 17.0 Å². The number of nitrogens with two attached hydrogens (primary N) is 1. The predicted molar refractivity (Wildman–Crippen MR) is 73.2 cm³/mol. The van der Waals surface area contributed by atoms with Crippen molar-refractivity contribution in [3.05, 3.63) is 64.2 Å². The first kappa shape index (κ1) is 14.3. The van der Waals surface area contributed by atoms with E-state index < -0.39 is 23.2 Å².